The van der Waals surface area contributed by atoms with Gasteiger partial charge in [-0.25, -0.2) is 4.79 Å². The van der Waals surface area contributed by atoms with Gasteiger partial charge in [0.05, 0.1) is 6.61 Å². The Morgan fingerprint density at radius 2 is 2.05 bits per heavy atom. The lowest BCUT2D eigenvalue weighted by Gasteiger charge is -2.22. The highest BCUT2D eigenvalue weighted by Gasteiger charge is 2.51. The van der Waals surface area contributed by atoms with Crippen molar-refractivity contribution in [3.8, 4) is 11.5 Å². The molecule has 0 fully saturated rings. The van der Waals surface area contributed by atoms with Crippen LogP contribution in [-0.2, 0) is 9.53 Å². The summed E-state index contributed by atoms with van der Waals surface area (Å²) < 4.78 is 66.2. The molecule has 2 rings (SSSR count). The van der Waals surface area contributed by atoms with Gasteiger partial charge in [0.1, 0.15) is 6.04 Å². The van der Waals surface area contributed by atoms with Crippen LogP contribution in [0.4, 0.5) is 17.6 Å². The van der Waals surface area contributed by atoms with Crippen molar-refractivity contribution in [1.82, 2.24) is 0 Å². The molecule has 1 aliphatic rings. The summed E-state index contributed by atoms with van der Waals surface area (Å²) >= 11 is 0. The van der Waals surface area contributed by atoms with E-state index in [2.05, 4.69) is 14.2 Å². The topological polar surface area (TPSA) is 70.8 Å². The number of esters is 1. The molecule has 0 aromatic heterocycles. The van der Waals surface area contributed by atoms with Crippen molar-refractivity contribution in [1.29, 1.82) is 0 Å². The van der Waals surface area contributed by atoms with Crippen molar-refractivity contribution >= 4 is 18.4 Å². The maximum Gasteiger partial charge on any atom is 0.586 e. The van der Waals surface area contributed by atoms with E-state index in [0.717, 1.165) is 12.1 Å². The number of rotatable bonds is 4. The van der Waals surface area contributed by atoms with Gasteiger partial charge in [0.2, 0.25) is 0 Å². The van der Waals surface area contributed by atoms with E-state index in [9.17, 15) is 22.4 Å². The third-order valence-electron chi connectivity index (χ3n) is 2.73. The molecule has 22 heavy (non-hydrogen) atoms. The van der Waals surface area contributed by atoms with Crippen LogP contribution < -0.4 is 15.2 Å². The Labute approximate surface area is 128 Å². The lowest BCUT2D eigenvalue weighted by molar-refractivity contribution is -0.287. The average Bonchev–Trinajstić information content (AvgIpc) is 2.71. The van der Waals surface area contributed by atoms with E-state index in [4.69, 9.17) is 5.73 Å². The van der Waals surface area contributed by atoms with E-state index in [1.807, 2.05) is 0 Å². The second-order valence-corrected chi connectivity index (χ2v) is 4.16. The Kier molecular flexibility index (Phi) is 5.14. The number of nitrogens with two attached hydrogens (primary N) is 1. The fraction of sp³-hybridized carbons (Fsp3) is 0.417. The van der Waals surface area contributed by atoms with Gasteiger partial charge in [-0.15, -0.1) is 21.2 Å². The third kappa shape index (κ3) is 3.20. The van der Waals surface area contributed by atoms with E-state index >= 15 is 0 Å². The summed E-state index contributed by atoms with van der Waals surface area (Å²) in [6, 6.07) is 1.11. The van der Waals surface area contributed by atoms with Crippen LogP contribution in [0.3, 0.4) is 0 Å². The number of hydrogen-bond donors (Lipinski definition) is 1. The molecular weight excluding hydrogens is 334 g/mol. The van der Waals surface area contributed by atoms with Crippen molar-refractivity contribution in [3.05, 3.63) is 23.8 Å². The van der Waals surface area contributed by atoms with Gasteiger partial charge in [-0.2, -0.15) is 8.78 Å². The first-order chi connectivity index (χ1) is 9.69. The zero-order valence-corrected chi connectivity index (χ0v) is 12.0. The largest absolute Gasteiger partial charge is 0.586 e. The molecule has 0 bridgehead atoms. The number of alkyl halides is 4. The Morgan fingerprint density at radius 3 is 2.64 bits per heavy atom. The predicted molar refractivity (Wildman–Crippen MR) is 68.4 cm³/mol. The standard InChI is InChI=1S/C12H11F4NO4.ClH/c1-2-19-10(18)11(13,14)9(17)6-4-3-5-7-8(6)21-12(15,16)20-7;/h3-5,9H,2,17H2,1H3;1H/t9-;/m0./s1. The number of fused-ring (bicyclic) bond motifs is 1. The van der Waals surface area contributed by atoms with Crippen LogP contribution in [0.25, 0.3) is 0 Å². The zero-order chi connectivity index (χ0) is 15.8. The van der Waals surface area contributed by atoms with E-state index in [1.165, 1.54) is 13.0 Å². The molecule has 1 aliphatic heterocycles. The molecule has 0 radical (unpaired) electrons. The molecule has 1 heterocycles. The van der Waals surface area contributed by atoms with E-state index < -0.39 is 41.3 Å². The quantitative estimate of drug-likeness (QED) is 0.671. The molecule has 1 aromatic carbocycles. The SMILES string of the molecule is CCOC(=O)C(F)(F)[C@@H](N)c1cccc2c1OC(F)(F)O2.Cl. The normalized spacial score (nSPS) is 16.6. The fourth-order valence-electron chi connectivity index (χ4n) is 1.78. The van der Waals surface area contributed by atoms with Gasteiger partial charge in [0.25, 0.3) is 0 Å². The van der Waals surface area contributed by atoms with Gasteiger partial charge >= 0.3 is 18.2 Å². The molecule has 0 aliphatic carbocycles. The van der Waals surface area contributed by atoms with Crippen molar-refractivity contribution in [2.75, 3.05) is 6.61 Å². The maximum atomic E-state index is 13.9. The molecular formula is C12H12ClF4NO4. The number of hydrogen-bond acceptors (Lipinski definition) is 5. The minimum atomic E-state index is -4.10. The first-order valence-corrected chi connectivity index (χ1v) is 5.88. The summed E-state index contributed by atoms with van der Waals surface area (Å²) in [5, 5.41) is 0. The minimum absolute atomic E-state index is 0. The van der Waals surface area contributed by atoms with Crippen LogP contribution in [0.1, 0.15) is 18.5 Å². The Bertz CT molecular complexity index is 570. The van der Waals surface area contributed by atoms with Gasteiger partial charge in [0, 0.05) is 5.56 Å². The number of carbonyl (C=O) groups is 1. The van der Waals surface area contributed by atoms with Crippen LogP contribution in [0.2, 0.25) is 0 Å². The van der Waals surface area contributed by atoms with Crippen LogP contribution in [0.15, 0.2) is 18.2 Å². The smallest absolute Gasteiger partial charge is 0.462 e. The molecule has 0 saturated carbocycles. The molecule has 1 atom stereocenters. The summed E-state index contributed by atoms with van der Waals surface area (Å²) in [5.41, 5.74) is 4.85. The van der Waals surface area contributed by atoms with Crippen LogP contribution >= 0.6 is 12.4 Å². The second kappa shape index (κ2) is 6.17. The highest BCUT2D eigenvalue weighted by Crippen LogP contribution is 2.47. The van der Waals surface area contributed by atoms with Gasteiger partial charge in [-0.3, -0.25) is 0 Å². The molecule has 0 amide bonds. The maximum absolute atomic E-state index is 13.9. The minimum Gasteiger partial charge on any atom is -0.462 e. The van der Waals surface area contributed by atoms with E-state index in [0.29, 0.717) is 0 Å². The Hall–Kier alpha value is -1.74. The number of carbonyl (C=O) groups excluding carboxylic acids is 1. The van der Waals surface area contributed by atoms with Crippen molar-refractivity contribution in [3.63, 3.8) is 0 Å². The number of halogens is 5. The van der Waals surface area contributed by atoms with Crippen molar-refractivity contribution in [2.24, 2.45) is 5.73 Å². The molecule has 2 N–H and O–H groups in total. The van der Waals surface area contributed by atoms with Gasteiger partial charge in [0.15, 0.2) is 11.5 Å². The lowest BCUT2D eigenvalue weighted by atomic mass is 10.00. The molecule has 0 saturated heterocycles. The summed E-state index contributed by atoms with van der Waals surface area (Å²) in [7, 11) is 0. The fourth-order valence-corrected chi connectivity index (χ4v) is 1.78. The van der Waals surface area contributed by atoms with Crippen LogP contribution in [0, 0.1) is 0 Å². The summed E-state index contributed by atoms with van der Waals surface area (Å²) in [5.74, 6) is -7.01. The predicted octanol–water partition coefficient (Wildman–Crippen LogP) is 2.63. The average molecular weight is 346 g/mol. The third-order valence-corrected chi connectivity index (χ3v) is 2.73. The molecule has 5 nitrogen and oxygen atoms in total. The van der Waals surface area contributed by atoms with E-state index in [-0.39, 0.29) is 19.0 Å². The summed E-state index contributed by atoms with van der Waals surface area (Å²) in [6.07, 6.45) is -3.97. The number of benzene rings is 1. The van der Waals surface area contributed by atoms with Gasteiger partial charge in [-0.1, -0.05) is 12.1 Å². The van der Waals surface area contributed by atoms with Gasteiger partial charge < -0.3 is 19.9 Å². The summed E-state index contributed by atoms with van der Waals surface area (Å²) in [6.45, 7) is 1.07. The highest BCUT2D eigenvalue weighted by molar-refractivity contribution is 5.85. The Morgan fingerprint density at radius 1 is 1.41 bits per heavy atom. The first-order valence-electron chi connectivity index (χ1n) is 5.88. The molecule has 0 unspecified atom stereocenters. The first kappa shape index (κ1) is 18.3. The molecule has 124 valence electrons. The van der Waals surface area contributed by atoms with Crippen molar-refractivity contribution < 1.29 is 36.6 Å². The molecule has 10 heteroatoms. The highest BCUT2D eigenvalue weighted by atomic mass is 35.5. The monoisotopic (exact) mass is 345 g/mol. The zero-order valence-electron chi connectivity index (χ0n) is 11.1. The molecule has 1 aromatic rings. The number of para-hydroxylation sites is 1. The lowest BCUT2D eigenvalue weighted by Crippen LogP contribution is -2.42. The van der Waals surface area contributed by atoms with Crippen LogP contribution in [-0.4, -0.2) is 24.8 Å². The van der Waals surface area contributed by atoms with Crippen LogP contribution in [0.5, 0.6) is 11.5 Å². The Balaban J connectivity index is 0.00000242. The number of ether oxygens (including phenoxy) is 3. The summed E-state index contributed by atoms with van der Waals surface area (Å²) in [4.78, 5) is 11.2. The van der Waals surface area contributed by atoms with E-state index in [1.54, 1.807) is 0 Å². The molecule has 0 spiro atoms. The van der Waals surface area contributed by atoms with Crippen molar-refractivity contribution in [2.45, 2.75) is 25.2 Å². The van der Waals surface area contributed by atoms with Gasteiger partial charge in [-0.05, 0) is 13.0 Å². The second-order valence-electron chi connectivity index (χ2n) is 4.16.